The second-order valence-electron chi connectivity index (χ2n) is 7.06. The number of rotatable bonds is 17. The summed E-state index contributed by atoms with van der Waals surface area (Å²) in [6.45, 7) is 1.95. The molecule has 0 bridgehead atoms. The van der Waals surface area contributed by atoms with Gasteiger partial charge in [-0.15, -0.1) is 0 Å². The van der Waals surface area contributed by atoms with Crippen molar-refractivity contribution in [2.75, 3.05) is 13.1 Å². The van der Waals surface area contributed by atoms with Crippen molar-refractivity contribution in [2.45, 2.75) is 75.5 Å². The second-order valence-corrected chi connectivity index (χ2v) is 8.48. The van der Waals surface area contributed by atoms with Gasteiger partial charge in [-0.05, 0) is 63.0 Å². The molecule has 0 fully saturated rings. The van der Waals surface area contributed by atoms with Crippen molar-refractivity contribution in [1.82, 2.24) is 5.32 Å². The number of carbonyl (C=O) groups is 2. The fourth-order valence-electron chi connectivity index (χ4n) is 2.87. The van der Waals surface area contributed by atoms with Gasteiger partial charge < -0.3 is 14.8 Å². The maximum absolute atomic E-state index is 11.8. The summed E-state index contributed by atoms with van der Waals surface area (Å²) in [6, 6.07) is 5.07. The van der Waals surface area contributed by atoms with Crippen LogP contribution >= 0.6 is 0 Å². The lowest BCUT2D eigenvalue weighted by molar-refractivity contribution is -0.134. The van der Waals surface area contributed by atoms with Crippen LogP contribution in [0.3, 0.4) is 0 Å². The molecule has 1 rings (SSSR count). The third-order valence-corrected chi connectivity index (χ3v) is 5.38. The molecule has 29 heavy (non-hydrogen) atoms. The summed E-state index contributed by atoms with van der Waals surface area (Å²) >= 11 is 0. The average molecular weight is 428 g/mol. The van der Waals surface area contributed by atoms with Crippen LogP contribution in [-0.2, 0) is 19.7 Å². The lowest BCUT2D eigenvalue weighted by Crippen LogP contribution is -2.16. The van der Waals surface area contributed by atoms with Crippen LogP contribution in [0.25, 0.3) is 0 Å². The molecule has 0 saturated heterocycles. The normalized spacial score (nSPS) is 11.3. The van der Waals surface area contributed by atoms with E-state index in [2.05, 4.69) is 5.32 Å². The first-order valence-corrected chi connectivity index (χ1v) is 11.8. The summed E-state index contributed by atoms with van der Waals surface area (Å²) in [5.41, 5.74) is 0. The average Bonchev–Trinajstić information content (AvgIpc) is 2.68. The Kier molecular flexibility index (Phi) is 13.2. The molecule has 0 amide bonds. The van der Waals surface area contributed by atoms with E-state index in [9.17, 15) is 18.0 Å². The number of nitrogens with one attached hydrogen (secondary N) is 1. The second kappa shape index (κ2) is 15.1. The minimum Gasteiger partial charge on any atom is -0.427 e. The number of benzene rings is 1. The molecule has 0 aliphatic heterocycles. The van der Waals surface area contributed by atoms with Gasteiger partial charge in [0.25, 0.3) is 10.1 Å². The van der Waals surface area contributed by atoms with Crippen molar-refractivity contribution in [1.29, 1.82) is 0 Å². The Hall–Kier alpha value is -1.77. The number of hydrogen-bond donors (Lipinski definition) is 2. The Morgan fingerprint density at radius 3 is 2.03 bits per heavy atom. The van der Waals surface area contributed by atoms with Crippen LogP contribution in [0, 0.1) is 0 Å². The summed E-state index contributed by atoms with van der Waals surface area (Å²) in [5, 5.41) is 3.41. The zero-order valence-electron chi connectivity index (χ0n) is 17.0. The Morgan fingerprint density at radius 2 is 1.45 bits per heavy atom. The molecule has 164 valence electrons. The van der Waals surface area contributed by atoms with E-state index < -0.39 is 10.1 Å². The molecule has 7 nitrogen and oxygen atoms in total. The highest BCUT2D eigenvalue weighted by molar-refractivity contribution is 7.85. The van der Waals surface area contributed by atoms with Gasteiger partial charge in [-0.25, -0.2) is 0 Å². The summed E-state index contributed by atoms with van der Waals surface area (Å²) < 4.78 is 36.0. The SMILES string of the molecule is O=CCCCCCCCCNCCCCCC(=O)Oc1ccc(S(=O)(=O)O)cc1. The van der Waals surface area contributed by atoms with E-state index in [1.807, 2.05) is 0 Å². The zero-order valence-corrected chi connectivity index (χ0v) is 17.8. The molecule has 8 heteroatoms. The molecule has 0 saturated carbocycles. The third-order valence-electron chi connectivity index (χ3n) is 4.51. The fourth-order valence-corrected chi connectivity index (χ4v) is 3.35. The summed E-state index contributed by atoms with van der Waals surface area (Å²) in [6.07, 6.45) is 11.6. The monoisotopic (exact) mass is 427 g/mol. The van der Waals surface area contributed by atoms with Gasteiger partial charge in [-0.3, -0.25) is 9.35 Å². The van der Waals surface area contributed by atoms with Crippen LogP contribution in [0.5, 0.6) is 5.75 Å². The third kappa shape index (κ3) is 13.1. The van der Waals surface area contributed by atoms with Crippen LogP contribution in [0.2, 0.25) is 0 Å². The number of ether oxygens (including phenoxy) is 1. The van der Waals surface area contributed by atoms with E-state index in [1.54, 1.807) is 0 Å². The molecule has 0 aromatic heterocycles. The van der Waals surface area contributed by atoms with Crippen molar-refractivity contribution in [3.05, 3.63) is 24.3 Å². The van der Waals surface area contributed by atoms with Gasteiger partial charge in [0.05, 0.1) is 4.90 Å². The highest BCUT2D eigenvalue weighted by atomic mass is 32.2. The van der Waals surface area contributed by atoms with E-state index >= 15 is 0 Å². The molecule has 0 unspecified atom stereocenters. The summed E-state index contributed by atoms with van der Waals surface area (Å²) in [4.78, 5) is 21.8. The molecule has 0 spiro atoms. The predicted octanol–water partition coefficient (Wildman–Crippen LogP) is 3.92. The fraction of sp³-hybridized carbons (Fsp3) is 0.619. The van der Waals surface area contributed by atoms with Crippen LogP contribution in [-0.4, -0.2) is 38.3 Å². The molecule has 0 atom stereocenters. The molecule has 0 aliphatic rings. The van der Waals surface area contributed by atoms with Gasteiger partial charge in [0, 0.05) is 12.8 Å². The van der Waals surface area contributed by atoms with Crippen LogP contribution < -0.4 is 10.1 Å². The standard InChI is InChI=1S/C21H33NO6S/c23-18-10-5-3-1-2-4-8-16-22-17-9-6-7-11-21(24)28-19-12-14-20(15-13-19)29(25,26)27/h12-15,18,22H,1-11,16-17H2,(H,25,26,27). The maximum Gasteiger partial charge on any atom is 0.311 e. The molecular formula is C21H33NO6S. The van der Waals surface area contributed by atoms with E-state index in [0.29, 0.717) is 12.8 Å². The maximum atomic E-state index is 11.8. The van der Waals surface area contributed by atoms with Crippen LogP contribution in [0.1, 0.15) is 70.6 Å². The number of hydrogen-bond acceptors (Lipinski definition) is 6. The van der Waals surface area contributed by atoms with Crippen molar-refractivity contribution < 1.29 is 27.3 Å². The largest absolute Gasteiger partial charge is 0.427 e. The lowest BCUT2D eigenvalue weighted by Gasteiger charge is -2.06. The summed E-state index contributed by atoms with van der Waals surface area (Å²) in [5.74, 6) is -0.0986. The lowest BCUT2D eigenvalue weighted by atomic mass is 10.1. The molecular weight excluding hydrogens is 394 g/mol. The number of aldehydes is 1. The van der Waals surface area contributed by atoms with Gasteiger partial charge in [-0.1, -0.05) is 32.1 Å². The van der Waals surface area contributed by atoms with Gasteiger partial charge >= 0.3 is 5.97 Å². The van der Waals surface area contributed by atoms with Crippen LogP contribution in [0.15, 0.2) is 29.2 Å². The van der Waals surface area contributed by atoms with Crippen molar-refractivity contribution in [3.8, 4) is 5.75 Å². The molecule has 1 aromatic rings. The first-order valence-electron chi connectivity index (χ1n) is 10.4. The number of unbranched alkanes of at least 4 members (excludes halogenated alkanes) is 8. The highest BCUT2D eigenvalue weighted by Crippen LogP contribution is 2.16. The molecule has 1 aromatic carbocycles. The van der Waals surface area contributed by atoms with Gasteiger partial charge in [0.15, 0.2) is 0 Å². The molecule has 2 N–H and O–H groups in total. The smallest absolute Gasteiger partial charge is 0.311 e. The van der Waals surface area contributed by atoms with E-state index in [4.69, 9.17) is 9.29 Å². The van der Waals surface area contributed by atoms with Crippen molar-refractivity contribution >= 4 is 22.4 Å². The number of esters is 1. The predicted molar refractivity (Wildman–Crippen MR) is 112 cm³/mol. The number of carbonyl (C=O) groups excluding carboxylic acids is 2. The van der Waals surface area contributed by atoms with Gasteiger partial charge in [-0.2, -0.15) is 8.42 Å². The van der Waals surface area contributed by atoms with E-state index in [-0.39, 0.29) is 16.6 Å². The highest BCUT2D eigenvalue weighted by Gasteiger charge is 2.10. The topological polar surface area (TPSA) is 110 Å². The quantitative estimate of drug-likeness (QED) is 0.127. The summed E-state index contributed by atoms with van der Waals surface area (Å²) in [7, 11) is -4.24. The van der Waals surface area contributed by atoms with Crippen LogP contribution in [0.4, 0.5) is 0 Å². The van der Waals surface area contributed by atoms with Gasteiger partial charge in [0.1, 0.15) is 12.0 Å². The van der Waals surface area contributed by atoms with Crippen molar-refractivity contribution in [3.63, 3.8) is 0 Å². The van der Waals surface area contributed by atoms with E-state index in [0.717, 1.165) is 57.9 Å². The molecule has 0 radical (unpaired) electrons. The minimum absolute atomic E-state index is 0.237. The van der Waals surface area contributed by atoms with E-state index in [1.165, 1.54) is 43.5 Å². The zero-order chi connectivity index (χ0) is 21.4. The minimum atomic E-state index is -4.24. The molecule has 0 heterocycles. The Balaban J connectivity index is 1.96. The van der Waals surface area contributed by atoms with Gasteiger partial charge in [0.2, 0.25) is 0 Å². The Labute approximate surface area is 174 Å². The first-order chi connectivity index (χ1) is 13.9. The van der Waals surface area contributed by atoms with Crippen molar-refractivity contribution in [2.24, 2.45) is 0 Å². The molecule has 0 aliphatic carbocycles. The first kappa shape index (κ1) is 25.3. The Morgan fingerprint density at radius 1 is 0.897 bits per heavy atom. The Bertz CT molecular complexity index is 688.